The molecule has 2 aromatic heterocycles. The molecule has 4 nitrogen and oxygen atoms in total. The lowest BCUT2D eigenvalue weighted by Crippen LogP contribution is -2.35. The van der Waals surface area contributed by atoms with Crippen molar-refractivity contribution in [1.29, 1.82) is 0 Å². The Bertz CT molecular complexity index is 591. The summed E-state index contributed by atoms with van der Waals surface area (Å²) in [7, 11) is 0. The molecule has 2 aromatic rings. The van der Waals surface area contributed by atoms with Crippen LogP contribution in [-0.4, -0.2) is 29.7 Å². The van der Waals surface area contributed by atoms with E-state index in [0.717, 1.165) is 49.2 Å². The number of hydrogen-bond acceptors (Lipinski definition) is 5. The molecule has 1 saturated heterocycles. The van der Waals surface area contributed by atoms with E-state index >= 15 is 0 Å². The summed E-state index contributed by atoms with van der Waals surface area (Å²) in [5.41, 5.74) is 1.00. The van der Waals surface area contributed by atoms with Gasteiger partial charge >= 0.3 is 0 Å². The fourth-order valence-corrected chi connectivity index (χ4v) is 3.39. The van der Waals surface area contributed by atoms with E-state index in [0.29, 0.717) is 5.92 Å². The van der Waals surface area contributed by atoms with Crippen molar-refractivity contribution in [3.05, 3.63) is 35.0 Å². The van der Waals surface area contributed by atoms with Crippen LogP contribution in [0.15, 0.2) is 24.4 Å². The molecule has 5 heteroatoms. The highest BCUT2D eigenvalue weighted by Crippen LogP contribution is 2.27. The lowest BCUT2D eigenvalue weighted by atomic mass is 9.98. The molecule has 0 atom stereocenters. The largest absolute Gasteiger partial charge is 0.477 e. The summed E-state index contributed by atoms with van der Waals surface area (Å²) < 4.78 is 5.83. The van der Waals surface area contributed by atoms with Gasteiger partial charge < -0.3 is 9.64 Å². The molecule has 0 spiro atoms. The van der Waals surface area contributed by atoms with E-state index < -0.39 is 0 Å². The quantitative estimate of drug-likeness (QED) is 0.867. The van der Waals surface area contributed by atoms with E-state index in [9.17, 15) is 0 Å². The SMILES string of the molecule is Cc1cccc(OCC2CCN(c3ncc(C)s3)CC2)n1. The molecular formula is C16H21N3OS. The maximum atomic E-state index is 5.83. The molecule has 0 radical (unpaired) electrons. The molecule has 1 aliphatic rings. The number of aromatic nitrogens is 2. The zero-order valence-corrected chi connectivity index (χ0v) is 13.4. The van der Waals surface area contributed by atoms with Crippen LogP contribution >= 0.6 is 11.3 Å². The zero-order chi connectivity index (χ0) is 14.7. The minimum atomic E-state index is 0.615. The first-order valence-corrected chi connectivity index (χ1v) is 8.26. The van der Waals surface area contributed by atoms with Gasteiger partial charge in [-0.1, -0.05) is 6.07 Å². The highest BCUT2D eigenvalue weighted by atomic mass is 32.1. The highest BCUT2D eigenvalue weighted by Gasteiger charge is 2.21. The molecule has 0 bridgehead atoms. The van der Waals surface area contributed by atoms with Gasteiger partial charge in [0, 0.05) is 35.9 Å². The number of aryl methyl sites for hydroxylation is 2. The van der Waals surface area contributed by atoms with Gasteiger partial charge in [0.05, 0.1) is 6.61 Å². The third kappa shape index (κ3) is 3.73. The fraction of sp³-hybridized carbons (Fsp3) is 0.500. The summed E-state index contributed by atoms with van der Waals surface area (Å²) in [6.45, 7) is 7.00. The molecule has 1 aliphatic heterocycles. The minimum absolute atomic E-state index is 0.615. The van der Waals surface area contributed by atoms with Crippen molar-refractivity contribution in [2.24, 2.45) is 5.92 Å². The molecule has 3 heterocycles. The number of nitrogens with zero attached hydrogens (tertiary/aromatic N) is 3. The Labute approximate surface area is 129 Å². The van der Waals surface area contributed by atoms with E-state index in [4.69, 9.17) is 4.74 Å². The molecule has 0 aromatic carbocycles. The Hall–Kier alpha value is -1.62. The van der Waals surface area contributed by atoms with Crippen molar-refractivity contribution in [3.63, 3.8) is 0 Å². The number of rotatable bonds is 4. The van der Waals surface area contributed by atoms with Crippen molar-refractivity contribution in [2.45, 2.75) is 26.7 Å². The van der Waals surface area contributed by atoms with Crippen molar-refractivity contribution in [3.8, 4) is 5.88 Å². The second kappa shape index (κ2) is 6.43. The van der Waals surface area contributed by atoms with Gasteiger partial charge in [-0.15, -0.1) is 11.3 Å². The summed E-state index contributed by atoms with van der Waals surface area (Å²) in [4.78, 5) is 12.5. The molecule has 112 valence electrons. The Morgan fingerprint density at radius 1 is 1.29 bits per heavy atom. The molecule has 0 N–H and O–H groups in total. The van der Waals surface area contributed by atoms with Gasteiger partial charge in [0.25, 0.3) is 0 Å². The van der Waals surface area contributed by atoms with Gasteiger partial charge in [0.2, 0.25) is 5.88 Å². The first-order chi connectivity index (χ1) is 10.2. The molecular weight excluding hydrogens is 282 g/mol. The average Bonchev–Trinajstić information content (AvgIpc) is 2.92. The van der Waals surface area contributed by atoms with E-state index in [1.807, 2.05) is 31.3 Å². The number of ether oxygens (including phenoxy) is 1. The summed E-state index contributed by atoms with van der Waals surface area (Å²) in [5.74, 6) is 1.36. The maximum Gasteiger partial charge on any atom is 0.213 e. The number of piperidine rings is 1. The maximum absolute atomic E-state index is 5.83. The predicted octanol–water partition coefficient (Wildman–Crippen LogP) is 3.45. The van der Waals surface area contributed by atoms with E-state index in [1.54, 1.807) is 11.3 Å². The molecule has 0 amide bonds. The third-order valence-corrected chi connectivity index (χ3v) is 4.80. The van der Waals surface area contributed by atoms with Crippen LogP contribution in [0.25, 0.3) is 0 Å². The number of hydrogen-bond donors (Lipinski definition) is 0. The first kappa shape index (κ1) is 14.3. The van der Waals surface area contributed by atoms with Crippen LogP contribution in [0.1, 0.15) is 23.4 Å². The zero-order valence-electron chi connectivity index (χ0n) is 12.6. The number of thiazole rings is 1. The Kier molecular flexibility index (Phi) is 4.39. The van der Waals surface area contributed by atoms with Crippen LogP contribution in [0.4, 0.5) is 5.13 Å². The van der Waals surface area contributed by atoms with Gasteiger partial charge in [-0.05, 0) is 38.7 Å². The molecule has 1 fully saturated rings. The Balaban J connectivity index is 1.47. The lowest BCUT2D eigenvalue weighted by Gasteiger charge is -2.31. The van der Waals surface area contributed by atoms with Crippen LogP contribution in [-0.2, 0) is 0 Å². The van der Waals surface area contributed by atoms with Gasteiger partial charge in [-0.3, -0.25) is 0 Å². The van der Waals surface area contributed by atoms with Crippen molar-refractivity contribution >= 4 is 16.5 Å². The van der Waals surface area contributed by atoms with Crippen LogP contribution in [0.2, 0.25) is 0 Å². The summed E-state index contributed by atoms with van der Waals surface area (Å²) in [5, 5.41) is 1.16. The predicted molar refractivity (Wildman–Crippen MR) is 86.3 cm³/mol. The van der Waals surface area contributed by atoms with Crippen molar-refractivity contribution in [1.82, 2.24) is 9.97 Å². The van der Waals surface area contributed by atoms with Crippen molar-refractivity contribution < 1.29 is 4.74 Å². The smallest absolute Gasteiger partial charge is 0.213 e. The summed E-state index contributed by atoms with van der Waals surface area (Å²) in [6, 6.07) is 5.91. The number of pyridine rings is 1. The van der Waals surface area contributed by atoms with Gasteiger partial charge in [0.15, 0.2) is 5.13 Å². The molecule has 0 unspecified atom stereocenters. The normalized spacial score (nSPS) is 16.2. The van der Waals surface area contributed by atoms with Crippen LogP contribution in [0.5, 0.6) is 5.88 Å². The standard InChI is InChI=1S/C16H21N3OS/c1-12-4-3-5-15(18-12)20-11-14-6-8-19(9-7-14)16-17-10-13(2)21-16/h3-5,10,14H,6-9,11H2,1-2H3. The Morgan fingerprint density at radius 3 is 2.76 bits per heavy atom. The van der Waals surface area contributed by atoms with E-state index in [-0.39, 0.29) is 0 Å². The minimum Gasteiger partial charge on any atom is -0.477 e. The van der Waals surface area contributed by atoms with Gasteiger partial charge in [-0.25, -0.2) is 9.97 Å². The summed E-state index contributed by atoms with van der Waals surface area (Å²) >= 11 is 1.78. The molecule has 3 rings (SSSR count). The lowest BCUT2D eigenvalue weighted by molar-refractivity contribution is 0.216. The molecule has 21 heavy (non-hydrogen) atoms. The highest BCUT2D eigenvalue weighted by molar-refractivity contribution is 7.15. The number of anilines is 1. The second-order valence-electron chi connectivity index (χ2n) is 5.61. The molecule has 0 aliphatic carbocycles. The second-order valence-corrected chi connectivity index (χ2v) is 6.83. The first-order valence-electron chi connectivity index (χ1n) is 7.44. The van der Waals surface area contributed by atoms with Crippen LogP contribution in [0.3, 0.4) is 0 Å². The monoisotopic (exact) mass is 303 g/mol. The molecule has 0 saturated carbocycles. The van der Waals surface area contributed by atoms with Gasteiger partial charge in [-0.2, -0.15) is 0 Å². The van der Waals surface area contributed by atoms with E-state index in [2.05, 4.69) is 21.8 Å². The van der Waals surface area contributed by atoms with Crippen LogP contribution < -0.4 is 9.64 Å². The topological polar surface area (TPSA) is 38.2 Å². The Morgan fingerprint density at radius 2 is 2.10 bits per heavy atom. The fourth-order valence-electron chi connectivity index (χ4n) is 2.58. The van der Waals surface area contributed by atoms with Crippen molar-refractivity contribution in [2.75, 3.05) is 24.6 Å². The third-order valence-electron chi connectivity index (χ3n) is 3.82. The average molecular weight is 303 g/mol. The van der Waals surface area contributed by atoms with Crippen LogP contribution in [0, 0.1) is 19.8 Å². The van der Waals surface area contributed by atoms with Gasteiger partial charge in [0.1, 0.15) is 0 Å². The van der Waals surface area contributed by atoms with E-state index in [1.165, 1.54) is 4.88 Å². The summed E-state index contributed by atoms with van der Waals surface area (Å²) in [6.07, 6.45) is 4.27.